The van der Waals surface area contributed by atoms with Crippen molar-refractivity contribution in [3.63, 3.8) is 0 Å². The number of hydrogen-bond donors (Lipinski definition) is 1. The van der Waals surface area contributed by atoms with Crippen molar-refractivity contribution in [2.45, 2.75) is 39.2 Å². The van der Waals surface area contributed by atoms with Gasteiger partial charge in [-0.15, -0.1) is 0 Å². The number of aryl methyl sites for hydroxylation is 2. The maximum absolute atomic E-state index is 14.5. The lowest BCUT2D eigenvalue weighted by molar-refractivity contribution is -0.552. The monoisotopic (exact) mass is 460 g/mol. The van der Waals surface area contributed by atoms with E-state index >= 15 is 0 Å². The second-order valence-corrected chi connectivity index (χ2v) is 8.43. The summed E-state index contributed by atoms with van der Waals surface area (Å²) >= 11 is 0. The highest BCUT2D eigenvalue weighted by molar-refractivity contribution is 5.82. The molecule has 4 aromatic rings. The van der Waals surface area contributed by atoms with Gasteiger partial charge < -0.3 is 4.42 Å². The number of carbonyl (C=O) groups is 1. The van der Waals surface area contributed by atoms with Crippen molar-refractivity contribution in [1.29, 1.82) is 0 Å². The Morgan fingerprint density at radius 2 is 1.88 bits per heavy atom. The fourth-order valence-corrected chi connectivity index (χ4v) is 4.39. The topological polar surface area (TPSA) is 59.0 Å². The maximum Gasteiger partial charge on any atom is 0.359 e. The largest absolute Gasteiger partial charge is 0.466 e. The summed E-state index contributed by atoms with van der Waals surface area (Å²) in [7, 11) is 0. The van der Waals surface area contributed by atoms with Gasteiger partial charge in [-0.2, -0.15) is 4.57 Å². The van der Waals surface area contributed by atoms with E-state index in [1.54, 1.807) is 6.20 Å². The van der Waals surface area contributed by atoms with E-state index in [9.17, 15) is 13.6 Å². The van der Waals surface area contributed by atoms with Crippen LogP contribution in [0.1, 0.15) is 40.1 Å². The Kier molecular flexibility index (Phi) is 5.69. The average Bonchev–Trinajstić information content (AvgIpc) is 3.36. The maximum atomic E-state index is 14.5. The molecule has 1 unspecified atom stereocenters. The molecule has 5 rings (SSSR count). The van der Waals surface area contributed by atoms with Gasteiger partial charge in [0.15, 0.2) is 11.6 Å². The van der Waals surface area contributed by atoms with Gasteiger partial charge in [-0.3, -0.25) is 5.32 Å². The Morgan fingerprint density at radius 3 is 2.62 bits per heavy atom. The molecule has 1 aliphatic heterocycles. The minimum Gasteiger partial charge on any atom is -0.466 e. The molecule has 7 heteroatoms. The number of hydrogen-bond acceptors (Lipinski definition) is 4. The summed E-state index contributed by atoms with van der Waals surface area (Å²) in [6, 6.07) is 14.9. The van der Waals surface area contributed by atoms with E-state index in [4.69, 9.17) is 9.40 Å². The van der Waals surface area contributed by atoms with Gasteiger partial charge >= 0.3 is 11.7 Å². The number of benzene rings is 2. The number of nitrogens with one attached hydrogen (secondary N) is 1. The van der Waals surface area contributed by atoms with Gasteiger partial charge in [0.2, 0.25) is 6.04 Å². The van der Waals surface area contributed by atoms with Gasteiger partial charge in [-0.05, 0) is 36.6 Å². The summed E-state index contributed by atoms with van der Waals surface area (Å²) in [5.41, 5.74) is 3.15. The van der Waals surface area contributed by atoms with Crippen molar-refractivity contribution < 1.29 is 22.6 Å². The molecule has 0 amide bonds. The average molecular weight is 461 g/mol. The van der Waals surface area contributed by atoms with E-state index < -0.39 is 17.7 Å². The second-order valence-electron chi connectivity index (χ2n) is 8.43. The number of anilines is 1. The third-order valence-electron chi connectivity index (χ3n) is 6.18. The zero-order valence-corrected chi connectivity index (χ0v) is 18.9. The van der Waals surface area contributed by atoms with Gasteiger partial charge in [0.1, 0.15) is 29.1 Å². The van der Waals surface area contributed by atoms with Crippen LogP contribution in [0, 0.1) is 18.6 Å². The van der Waals surface area contributed by atoms with Crippen LogP contribution in [0.15, 0.2) is 65.2 Å². The van der Waals surface area contributed by atoms with Crippen molar-refractivity contribution in [2.75, 3.05) is 5.32 Å². The molecular weight excluding hydrogens is 436 g/mol. The van der Waals surface area contributed by atoms with Gasteiger partial charge in [0, 0.05) is 12.0 Å². The van der Waals surface area contributed by atoms with Crippen LogP contribution in [0.4, 0.5) is 14.6 Å². The molecule has 2 aromatic heterocycles. The van der Waals surface area contributed by atoms with Gasteiger partial charge in [-0.1, -0.05) is 49.4 Å². The molecular formula is C27H24F2N3O2+. The van der Waals surface area contributed by atoms with Crippen LogP contribution in [-0.2, 0) is 19.3 Å². The van der Waals surface area contributed by atoms with Crippen LogP contribution in [0.3, 0.4) is 0 Å². The number of fused-ring (bicyclic) bond motifs is 1. The van der Waals surface area contributed by atoms with Crippen LogP contribution in [-0.4, -0.2) is 16.9 Å². The van der Waals surface area contributed by atoms with Crippen LogP contribution >= 0.6 is 0 Å². The zero-order chi connectivity index (χ0) is 23.8. The second kappa shape index (κ2) is 8.82. The number of carbonyl (C=O) groups excluding carboxylic acids is 1. The number of halogens is 2. The predicted molar refractivity (Wildman–Crippen MR) is 124 cm³/mol. The minimum absolute atomic E-state index is 0.0342. The molecule has 1 aliphatic rings. The van der Waals surface area contributed by atoms with E-state index in [0.29, 0.717) is 23.6 Å². The van der Waals surface area contributed by atoms with Crippen molar-refractivity contribution >= 4 is 11.7 Å². The quantitative estimate of drug-likeness (QED) is 0.410. The standard InChI is InChI=1S/C27H23F2N3O2/c1-3-17-12-20(34-16(17)2)14-23-27(33)32-15-24(18-8-5-4-6-9-18)30-22(26(32)31-23)13-19-10-7-11-21(28)25(19)29/h4-12,15,23H,3,13-14H2,1-2H3/p+1. The normalized spacial score (nSPS) is 14.8. The van der Waals surface area contributed by atoms with Crippen LogP contribution < -0.4 is 9.88 Å². The fourth-order valence-electron chi connectivity index (χ4n) is 4.39. The van der Waals surface area contributed by atoms with Crippen LogP contribution in [0.5, 0.6) is 0 Å². The number of furan rings is 1. The van der Waals surface area contributed by atoms with E-state index in [-0.39, 0.29) is 17.9 Å². The first-order chi connectivity index (χ1) is 16.4. The number of nitrogens with zero attached hydrogens (tertiary/aromatic N) is 2. The third-order valence-corrected chi connectivity index (χ3v) is 6.18. The third kappa shape index (κ3) is 3.98. The molecule has 34 heavy (non-hydrogen) atoms. The summed E-state index contributed by atoms with van der Waals surface area (Å²) in [6.45, 7) is 3.97. The molecule has 0 saturated carbocycles. The Labute approximate surface area is 196 Å². The van der Waals surface area contributed by atoms with Crippen molar-refractivity contribution in [1.82, 2.24) is 4.98 Å². The molecule has 0 aliphatic carbocycles. The van der Waals surface area contributed by atoms with Gasteiger partial charge in [0.25, 0.3) is 0 Å². The Morgan fingerprint density at radius 1 is 1.09 bits per heavy atom. The summed E-state index contributed by atoms with van der Waals surface area (Å²) < 4.78 is 35.7. The molecule has 0 saturated heterocycles. The highest BCUT2D eigenvalue weighted by atomic mass is 19.2. The Hall–Kier alpha value is -3.87. The van der Waals surface area contributed by atoms with Crippen LogP contribution in [0.25, 0.3) is 11.3 Å². The summed E-state index contributed by atoms with van der Waals surface area (Å²) in [5.74, 6) is 0.0843. The highest BCUT2D eigenvalue weighted by Gasteiger charge is 2.41. The molecule has 0 fully saturated rings. The lowest BCUT2D eigenvalue weighted by Crippen LogP contribution is -2.44. The van der Waals surface area contributed by atoms with Crippen LogP contribution in [0.2, 0.25) is 0 Å². The molecule has 3 heterocycles. The smallest absolute Gasteiger partial charge is 0.359 e. The Balaban J connectivity index is 1.55. The summed E-state index contributed by atoms with van der Waals surface area (Å²) in [6.07, 6.45) is 2.95. The van der Waals surface area contributed by atoms with E-state index in [2.05, 4.69) is 12.2 Å². The molecule has 5 nitrogen and oxygen atoms in total. The molecule has 0 radical (unpaired) electrons. The highest BCUT2D eigenvalue weighted by Crippen LogP contribution is 2.26. The first-order valence-corrected chi connectivity index (χ1v) is 11.3. The molecule has 172 valence electrons. The first-order valence-electron chi connectivity index (χ1n) is 11.3. The summed E-state index contributed by atoms with van der Waals surface area (Å²) in [5, 5.41) is 3.26. The van der Waals surface area contributed by atoms with Crippen molar-refractivity contribution in [2.24, 2.45) is 0 Å². The lowest BCUT2D eigenvalue weighted by atomic mass is 10.1. The van der Waals surface area contributed by atoms with E-state index in [1.165, 1.54) is 16.7 Å². The van der Waals surface area contributed by atoms with E-state index in [0.717, 1.165) is 35.1 Å². The molecule has 0 bridgehead atoms. The van der Waals surface area contributed by atoms with E-state index in [1.807, 2.05) is 43.3 Å². The molecule has 2 aromatic carbocycles. The number of rotatable bonds is 6. The zero-order valence-electron chi connectivity index (χ0n) is 18.9. The van der Waals surface area contributed by atoms with Crippen molar-refractivity contribution in [3.05, 3.63) is 101 Å². The first kappa shape index (κ1) is 21.9. The van der Waals surface area contributed by atoms with Gasteiger partial charge in [-0.25, -0.2) is 18.6 Å². The van der Waals surface area contributed by atoms with Gasteiger partial charge in [0.05, 0.1) is 6.42 Å². The lowest BCUT2D eigenvalue weighted by Gasteiger charge is -2.08. The SMILES string of the molecule is CCc1cc(CC2Nc3c(Cc4cccc(F)c4F)nc(-c4ccccc4)c[n+]3C2=O)oc1C. The molecule has 1 atom stereocenters. The van der Waals surface area contributed by atoms with Crippen molar-refractivity contribution in [3.8, 4) is 11.3 Å². The fraction of sp³-hybridized carbons (Fsp3) is 0.222. The predicted octanol–water partition coefficient (Wildman–Crippen LogP) is 5.05. The Bertz CT molecular complexity index is 1380. The summed E-state index contributed by atoms with van der Waals surface area (Å²) in [4.78, 5) is 18.1. The molecule has 0 spiro atoms. The molecule has 1 N–H and O–H groups in total. The minimum atomic E-state index is -0.914. The number of aromatic nitrogens is 2.